The monoisotopic (exact) mass is 341 g/mol. The summed E-state index contributed by atoms with van der Waals surface area (Å²) in [4.78, 5) is 0. The lowest BCUT2D eigenvalue weighted by molar-refractivity contribution is 0.863. The van der Waals surface area contributed by atoms with Crippen LogP contribution < -0.4 is 10.7 Å². The number of thiocarbonyl (C=S) groups is 1. The molecule has 0 aliphatic heterocycles. The molecule has 0 fully saturated rings. The van der Waals surface area contributed by atoms with Crippen LogP contribution in [0, 0.1) is 6.92 Å². The Labute approximate surface area is 137 Å². The SMILES string of the molecule is CNC(=S)N/N=C/c1c(C)nn(-c2cccc(Cl)c2)c1Cl. The average Bonchev–Trinajstić information content (AvgIpc) is 2.75. The Balaban J connectivity index is 2.32. The fraction of sp³-hybridized carbons (Fsp3) is 0.154. The Morgan fingerprint density at radius 3 is 2.86 bits per heavy atom. The van der Waals surface area contributed by atoms with E-state index in [1.807, 2.05) is 19.1 Å². The van der Waals surface area contributed by atoms with Gasteiger partial charge in [0.15, 0.2) is 5.11 Å². The third-order valence-electron chi connectivity index (χ3n) is 2.69. The molecule has 0 spiro atoms. The fourth-order valence-electron chi connectivity index (χ4n) is 1.65. The summed E-state index contributed by atoms with van der Waals surface area (Å²) in [5.74, 6) is 0. The fourth-order valence-corrected chi connectivity index (χ4v) is 2.21. The Morgan fingerprint density at radius 1 is 1.43 bits per heavy atom. The van der Waals surface area contributed by atoms with E-state index in [0.29, 0.717) is 20.9 Å². The molecule has 0 atom stereocenters. The summed E-state index contributed by atoms with van der Waals surface area (Å²) in [6, 6.07) is 7.29. The van der Waals surface area contributed by atoms with Crippen molar-refractivity contribution < 1.29 is 0 Å². The van der Waals surface area contributed by atoms with E-state index in [1.54, 1.807) is 30.1 Å². The molecule has 0 saturated heterocycles. The second kappa shape index (κ2) is 6.89. The molecule has 2 rings (SSSR count). The van der Waals surface area contributed by atoms with Gasteiger partial charge in [-0.1, -0.05) is 29.3 Å². The van der Waals surface area contributed by atoms with Gasteiger partial charge in [0, 0.05) is 12.1 Å². The number of hydrogen-bond acceptors (Lipinski definition) is 3. The molecule has 110 valence electrons. The molecule has 5 nitrogen and oxygen atoms in total. The molecule has 0 radical (unpaired) electrons. The molecule has 0 amide bonds. The van der Waals surface area contributed by atoms with Crippen LogP contribution in [0.2, 0.25) is 10.2 Å². The maximum absolute atomic E-state index is 6.36. The highest BCUT2D eigenvalue weighted by atomic mass is 35.5. The van der Waals surface area contributed by atoms with Crippen LogP contribution in [-0.4, -0.2) is 28.2 Å². The Bertz CT molecular complexity index is 696. The van der Waals surface area contributed by atoms with Crippen LogP contribution in [-0.2, 0) is 0 Å². The van der Waals surface area contributed by atoms with Crippen LogP contribution in [0.25, 0.3) is 5.69 Å². The van der Waals surface area contributed by atoms with E-state index in [2.05, 4.69) is 20.9 Å². The molecule has 21 heavy (non-hydrogen) atoms. The van der Waals surface area contributed by atoms with Crippen LogP contribution in [0.15, 0.2) is 29.4 Å². The highest BCUT2D eigenvalue weighted by Gasteiger charge is 2.13. The third-order valence-corrected chi connectivity index (χ3v) is 3.58. The van der Waals surface area contributed by atoms with E-state index in [1.165, 1.54) is 0 Å². The summed E-state index contributed by atoms with van der Waals surface area (Å²) in [5, 5.41) is 12.7. The van der Waals surface area contributed by atoms with Gasteiger partial charge >= 0.3 is 0 Å². The van der Waals surface area contributed by atoms with Gasteiger partial charge in [-0.2, -0.15) is 10.2 Å². The molecule has 0 aliphatic carbocycles. The molecule has 0 saturated carbocycles. The Hall–Kier alpha value is -1.63. The van der Waals surface area contributed by atoms with Gasteiger partial charge in [0.1, 0.15) is 5.15 Å². The first-order chi connectivity index (χ1) is 10.0. The first-order valence-electron chi connectivity index (χ1n) is 6.04. The quantitative estimate of drug-likeness (QED) is 0.512. The maximum Gasteiger partial charge on any atom is 0.186 e. The second-order valence-electron chi connectivity index (χ2n) is 4.13. The van der Waals surface area contributed by atoms with Crippen molar-refractivity contribution in [2.75, 3.05) is 7.05 Å². The van der Waals surface area contributed by atoms with Crippen LogP contribution in [0.1, 0.15) is 11.3 Å². The first kappa shape index (κ1) is 15.8. The highest BCUT2D eigenvalue weighted by Crippen LogP contribution is 2.23. The zero-order chi connectivity index (χ0) is 15.4. The standard InChI is InChI=1S/C13H13Cl2N5S/c1-8-11(7-17-18-13(21)16-2)12(15)20(19-8)10-5-3-4-9(14)6-10/h3-7H,1-2H3,(H2,16,18,21)/b17-7+. The molecule has 0 bridgehead atoms. The smallest absolute Gasteiger partial charge is 0.186 e. The van der Waals surface area contributed by atoms with Crippen LogP contribution in [0.4, 0.5) is 0 Å². The van der Waals surface area contributed by atoms with Gasteiger partial charge in [0.2, 0.25) is 0 Å². The van der Waals surface area contributed by atoms with E-state index in [9.17, 15) is 0 Å². The summed E-state index contributed by atoms with van der Waals surface area (Å²) < 4.78 is 1.61. The lowest BCUT2D eigenvalue weighted by atomic mass is 10.3. The van der Waals surface area contributed by atoms with Gasteiger partial charge in [-0.3, -0.25) is 5.43 Å². The zero-order valence-corrected chi connectivity index (χ0v) is 13.7. The minimum Gasteiger partial charge on any atom is -0.364 e. The van der Waals surface area contributed by atoms with E-state index in [-0.39, 0.29) is 0 Å². The predicted octanol–water partition coefficient (Wildman–Crippen LogP) is 2.92. The summed E-state index contributed by atoms with van der Waals surface area (Å²) in [7, 11) is 1.71. The Kier molecular flexibility index (Phi) is 5.17. The minimum absolute atomic E-state index is 0.419. The van der Waals surface area contributed by atoms with Crippen molar-refractivity contribution in [1.29, 1.82) is 0 Å². The number of nitrogens with one attached hydrogen (secondary N) is 2. The molecule has 0 unspecified atom stereocenters. The number of nitrogens with zero attached hydrogens (tertiary/aromatic N) is 3. The van der Waals surface area contributed by atoms with Crippen LogP contribution >= 0.6 is 35.4 Å². The number of benzene rings is 1. The Morgan fingerprint density at radius 2 is 2.19 bits per heavy atom. The van der Waals surface area contributed by atoms with E-state index in [0.717, 1.165) is 11.4 Å². The van der Waals surface area contributed by atoms with E-state index >= 15 is 0 Å². The molecule has 8 heteroatoms. The van der Waals surface area contributed by atoms with Gasteiger partial charge in [0.25, 0.3) is 0 Å². The van der Waals surface area contributed by atoms with Gasteiger partial charge in [-0.15, -0.1) is 0 Å². The van der Waals surface area contributed by atoms with Gasteiger partial charge in [0.05, 0.1) is 23.2 Å². The summed E-state index contributed by atoms with van der Waals surface area (Å²) >= 11 is 17.3. The average molecular weight is 342 g/mol. The first-order valence-corrected chi connectivity index (χ1v) is 7.21. The molecule has 1 heterocycles. The van der Waals surface area contributed by atoms with Crippen LogP contribution in [0.5, 0.6) is 0 Å². The number of aromatic nitrogens is 2. The lowest BCUT2D eigenvalue weighted by Gasteiger charge is -2.03. The normalized spacial score (nSPS) is 10.9. The zero-order valence-electron chi connectivity index (χ0n) is 11.4. The second-order valence-corrected chi connectivity index (χ2v) is 5.33. The third kappa shape index (κ3) is 3.72. The van der Waals surface area contributed by atoms with Crippen molar-refractivity contribution in [1.82, 2.24) is 20.5 Å². The lowest BCUT2D eigenvalue weighted by Crippen LogP contribution is -2.28. The van der Waals surface area contributed by atoms with Crippen LogP contribution in [0.3, 0.4) is 0 Å². The molecular formula is C13H13Cl2N5S. The predicted molar refractivity (Wildman–Crippen MR) is 90.7 cm³/mol. The number of rotatable bonds is 3. The number of aryl methyl sites for hydroxylation is 1. The molecule has 2 aromatic rings. The van der Waals surface area contributed by atoms with Gasteiger partial charge in [-0.25, -0.2) is 4.68 Å². The number of hydrogen-bond donors (Lipinski definition) is 2. The van der Waals surface area contributed by atoms with Gasteiger partial charge in [-0.05, 0) is 37.3 Å². The molecule has 0 aliphatic rings. The van der Waals surface area contributed by atoms with Gasteiger partial charge < -0.3 is 5.32 Å². The van der Waals surface area contributed by atoms with Crippen molar-refractivity contribution in [3.63, 3.8) is 0 Å². The molecule has 1 aromatic heterocycles. The largest absolute Gasteiger partial charge is 0.364 e. The summed E-state index contributed by atoms with van der Waals surface area (Å²) in [6.07, 6.45) is 1.58. The van der Waals surface area contributed by atoms with Crippen molar-refractivity contribution in [2.24, 2.45) is 5.10 Å². The maximum atomic E-state index is 6.36. The molecular weight excluding hydrogens is 329 g/mol. The summed E-state index contributed by atoms with van der Waals surface area (Å²) in [5.41, 5.74) is 4.91. The number of halogens is 2. The molecule has 2 N–H and O–H groups in total. The van der Waals surface area contributed by atoms with Crippen molar-refractivity contribution >= 4 is 46.7 Å². The highest BCUT2D eigenvalue weighted by molar-refractivity contribution is 7.80. The van der Waals surface area contributed by atoms with Crippen molar-refractivity contribution in [2.45, 2.75) is 6.92 Å². The molecule has 1 aromatic carbocycles. The number of hydrazone groups is 1. The topological polar surface area (TPSA) is 54.2 Å². The van der Waals surface area contributed by atoms with Crippen molar-refractivity contribution in [3.05, 3.63) is 45.7 Å². The summed E-state index contributed by atoms with van der Waals surface area (Å²) in [6.45, 7) is 1.85. The minimum atomic E-state index is 0.419. The van der Waals surface area contributed by atoms with E-state index < -0.39 is 0 Å². The van der Waals surface area contributed by atoms with Crippen molar-refractivity contribution in [3.8, 4) is 5.69 Å². The van der Waals surface area contributed by atoms with E-state index in [4.69, 9.17) is 35.4 Å².